The van der Waals surface area contributed by atoms with Gasteiger partial charge in [-0.15, -0.1) is 17.9 Å². The quantitative estimate of drug-likeness (QED) is 0.151. The van der Waals surface area contributed by atoms with Crippen molar-refractivity contribution in [1.82, 2.24) is 9.88 Å². The van der Waals surface area contributed by atoms with Crippen LogP contribution in [0.4, 0.5) is 5.13 Å². The van der Waals surface area contributed by atoms with Crippen LogP contribution < -0.4 is 9.47 Å². The van der Waals surface area contributed by atoms with E-state index in [0.29, 0.717) is 44.9 Å². The molecule has 4 aromatic rings. The van der Waals surface area contributed by atoms with Gasteiger partial charge in [-0.05, 0) is 41.6 Å². The normalized spacial score (nSPS) is 15.2. The smallest absolute Gasteiger partial charge is 0.267 e. The first-order valence-electron chi connectivity index (χ1n) is 12.0. The summed E-state index contributed by atoms with van der Waals surface area (Å²) < 4.78 is 11.5. The van der Waals surface area contributed by atoms with Crippen LogP contribution in [0, 0.1) is 0 Å². The Morgan fingerprint density at radius 3 is 2.64 bits per heavy atom. The maximum atomic E-state index is 13.3. The number of halogens is 1. The van der Waals surface area contributed by atoms with Crippen LogP contribution in [0.2, 0.25) is 5.02 Å². The Morgan fingerprint density at radius 2 is 1.87 bits per heavy atom. The highest BCUT2D eigenvalue weighted by Gasteiger charge is 2.33. The first-order valence-corrected chi connectivity index (χ1v) is 14.1. The van der Waals surface area contributed by atoms with Gasteiger partial charge in [-0.25, -0.2) is 4.98 Å². The zero-order chi connectivity index (χ0) is 27.2. The summed E-state index contributed by atoms with van der Waals surface area (Å²) >= 11 is 8.99. The van der Waals surface area contributed by atoms with Crippen LogP contribution in [-0.2, 0) is 11.4 Å². The summed E-state index contributed by atoms with van der Waals surface area (Å²) in [6, 6.07) is 23.0. The van der Waals surface area contributed by atoms with Crippen molar-refractivity contribution in [2.75, 3.05) is 13.7 Å². The molecule has 1 aliphatic rings. The number of aromatic nitrogens is 1. The highest BCUT2D eigenvalue weighted by molar-refractivity contribution is 8.18. The number of amides is 1. The molecule has 3 aromatic carbocycles. The Kier molecular flexibility index (Phi) is 8.46. The molecular weight excluding hydrogens is 550 g/mol. The monoisotopic (exact) mass is 573 g/mol. The van der Waals surface area contributed by atoms with Crippen LogP contribution in [-0.4, -0.2) is 34.6 Å². The second kappa shape index (κ2) is 12.3. The molecule has 0 bridgehead atoms. The minimum absolute atomic E-state index is 0.142. The Balaban J connectivity index is 1.37. The number of thiazole rings is 1. The van der Waals surface area contributed by atoms with E-state index in [0.717, 1.165) is 22.4 Å². The molecule has 0 unspecified atom stereocenters. The minimum Gasteiger partial charge on any atom is -0.493 e. The highest BCUT2D eigenvalue weighted by Crippen LogP contribution is 2.37. The van der Waals surface area contributed by atoms with Crippen molar-refractivity contribution in [3.05, 3.63) is 112 Å². The summed E-state index contributed by atoms with van der Waals surface area (Å²) in [5.74, 6) is 0.995. The van der Waals surface area contributed by atoms with E-state index in [-0.39, 0.29) is 5.91 Å². The summed E-state index contributed by atoms with van der Waals surface area (Å²) in [6.45, 7) is 4.45. The molecule has 1 amide bonds. The van der Waals surface area contributed by atoms with Crippen molar-refractivity contribution in [2.24, 2.45) is 4.99 Å². The molecule has 0 atom stereocenters. The van der Waals surface area contributed by atoms with Crippen LogP contribution in [0.1, 0.15) is 11.1 Å². The van der Waals surface area contributed by atoms with Crippen molar-refractivity contribution in [2.45, 2.75) is 6.61 Å². The van der Waals surface area contributed by atoms with Gasteiger partial charge in [0.1, 0.15) is 6.61 Å². The molecule has 9 heteroatoms. The van der Waals surface area contributed by atoms with Crippen molar-refractivity contribution in [3.8, 4) is 22.8 Å². The second-order valence-electron chi connectivity index (χ2n) is 8.38. The maximum Gasteiger partial charge on any atom is 0.267 e. The van der Waals surface area contributed by atoms with Gasteiger partial charge in [-0.1, -0.05) is 72.3 Å². The van der Waals surface area contributed by atoms with Gasteiger partial charge in [0.2, 0.25) is 5.13 Å². The lowest BCUT2D eigenvalue weighted by Crippen LogP contribution is -2.29. The van der Waals surface area contributed by atoms with Gasteiger partial charge in [-0.3, -0.25) is 9.69 Å². The number of rotatable bonds is 9. The molecule has 0 spiro atoms. The zero-order valence-corrected chi connectivity index (χ0v) is 23.4. The number of hydrogen-bond acceptors (Lipinski definition) is 7. The summed E-state index contributed by atoms with van der Waals surface area (Å²) in [5, 5.41) is 3.75. The van der Waals surface area contributed by atoms with Crippen molar-refractivity contribution in [1.29, 1.82) is 0 Å². The summed E-state index contributed by atoms with van der Waals surface area (Å²) in [7, 11) is 1.58. The van der Waals surface area contributed by atoms with Gasteiger partial charge in [-0.2, -0.15) is 4.99 Å². The Hall–Kier alpha value is -3.85. The average Bonchev–Trinajstić information content (AvgIpc) is 3.54. The molecule has 0 radical (unpaired) electrons. The van der Waals surface area contributed by atoms with E-state index >= 15 is 0 Å². The predicted molar refractivity (Wildman–Crippen MR) is 161 cm³/mol. The number of hydrogen-bond donors (Lipinski definition) is 0. The molecule has 196 valence electrons. The molecule has 6 nitrogen and oxygen atoms in total. The van der Waals surface area contributed by atoms with Gasteiger partial charge in [0.25, 0.3) is 5.91 Å². The first kappa shape index (κ1) is 26.7. The van der Waals surface area contributed by atoms with E-state index in [1.54, 1.807) is 18.1 Å². The molecule has 0 saturated carbocycles. The van der Waals surface area contributed by atoms with Crippen LogP contribution in [0.15, 0.2) is 101 Å². The van der Waals surface area contributed by atoms with Gasteiger partial charge in [0, 0.05) is 28.1 Å². The molecular formula is C30H24ClN3O3S2. The lowest BCUT2D eigenvalue weighted by atomic mass is 10.1. The molecule has 2 heterocycles. The molecule has 1 aromatic heterocycles. The number of benzene rings is 3. The number of amidine groups is 1. The van der Waals surface area contributed by atoms with E-state index in [1.165, 1.54) is 23.1 Å². The SMILES string of the molecule is C=CCN1C(=O)/C(=C/c2ccc(OCc3ccccc3Cl)c(OC)c2)S/C1=N/c1nc(-c2ccccc2)cs1. The lowest BCUT2D eigenvalue weighted by Gasteiger charge is -2.12. The molecule has 1 saturated heterocycles. The van der Waals surface area contributed by atoms with E-state index in [1.807, 2.05) is 84.3 Å². The average molecular weight is 574 g/mol. The third kappa shape index (κ3) is 6.25. The van der Waals surface area contributed by atoms with Crippen LogP contribution in [0.25, 0.3) is 17.3 Å². The van der Waals surface area contributed by atoms with Crippen LogP contribution in [0.3, 0.4) is 0 Å². The molecule has 1 aliphatic heterocycles. The van der Waals surface area contributed by atoms with E-state index in [2.05, 4.69) is 11.6 Å². The lowest BCUT2D eigenvalue weighted by molar-refractivity contribution is -0.121. The number of carbonyl (C=O) groups excluding carboxylic acids is 1. The Labute approximate surface area is 240 Å². The number of methoxy groups -OCH3 is 1. The Morgan fingerprint density at radius 1 is 1.08 bits per heavy atom. The zero-order valence-electron chi connectivity index (χ0n) is 21.0. The number of thioether (sulfide) groups is 1. The molecule has 0 N–H and O–H groups in total. The summed E-state index contributed by atoms with van der Waals surface area (Å²) in [6.07, 6.45) is 3.51. The number of aliphatic imine (C=N–C) groups is 1. The molecule has 39 heavy (non-hydrogen) atoms. The standard InChI is InChI=1S/C30H24ClN3O3S2/c1-3-15-34-28(35)27(39-30(34)33-29-32-24(19-38-29)21-9-5-4-6-10-21)17-20-13-14-25(26(16-20)36-2)37-18-22-11-7-8-12-23(22)31/h3-14,16-17,19H,1,15,18H2,2H3/b27-17-,33-30+. The number of ether oxygens (including phenoxy) is 2. The molecule has 5 rings (SSSR count). The maximum absolute atomic E-state index is 13.3. The van der Waals surface area contributed by atoms with Crippen molar-refractivity contribution >= 4 is 57.0 Å². The number of nitrogens with zero attached hydrogens (tertiary/aromatic N) is 3. The molecule has 0 aliphatic carbocycles. The highest BCUT2D eigenvalue weighted by atomic mass is 35.5. The topological polar surface area (TPSA) is 64.0 Å². The first-order chi connectivity index (χ1) is 19.1. The largest absolute Gasteiger partial charge is 0.493 e. The third-order valence-electron chi connectivity index (χ3n) is 5.78. The Bertz CT molecular complexity index is 1570. The fraction of sp³-hybridized carbons (Fsp3) is 0.100. The summed E-state index contributed by atoms with van der Waals surface area (Å²) in [5.41, 5.74) is 3.55. The third-order valence-corrected chi connectivity index (χ3v) is 7.89. The van der Waals surface area contributed by atoms with E-state index in [9.17, 15) is 4.79 Å². The van der Waals surface area contributed by atoms with Crippen LogP contribution in [0.5, 0.6) is 11.5 Å². The summed E-state index contributed by atoms with van der Waals surface area (Å²) in [4.78, 5) is 24.8. The van der Waals surface area contributed by atoms with Gasteiger partial charge in [0.05, 0.1) is 17.7 Å². The number of carbonyl (C=O) groups is 1. The van der Waals surface area contributed by atoms with Crippen LogP contribution >= 0.6 is 34.7 Å². The fourth-order valence-electron chi connectivity index (χ4n) is 3.84. The molecule has 1 fully saturated rings. The van der Waals surface area contributed by atoms with Crippen molar-refractivity contribution < 1.29 is 14.3 Å². The predicted octanol–water partition coefficient (Wildman–Crippen LogP) is 7.84. The second-order valence-corrected chi connectivity index (χ2v) is 10.6. The fourth-order valence-corrected chi connectivity index (χ4v) is 5.77. The van der Waals surface area contributed by atoms with E-state index in [4.69, 9.17) is 26.1 Å². The van der Waals surface area contributed by atoms with E-state index < -0.39 is 0 Å². The minimum atomic E-state index is -0.142. The van der Waals surface area contributed by atoms with Gasteiger partial charge >= 0.3 is 0 Å². The van der Waals surface area contributed by atoms with Crippen molar-refractivity contribution in [3.63, 3.8) is 0 Å². The van der Waals surface area contributed by atoms with Gasteiger partial charge < -0.3 is 9.47 Å². The van der Waals surface area contributed by atoms with Gasteiger partial charge in [0.15, 0.2) is 16.7 Å².